The SMILES string of the molecule is COc1ccc(F)c(F)c1-c1ccccc1Cl. The Hall–Kier alpha value is -1.61. The lowest BCUT2D eigenvalue weighted by Gasteiger charge is -2.11. The minimum absolute atomic E-state index is 0.0399. The standard InChI is InChI=1S/C13H9ClF2O/c1-17-11-7-6-10(15)13(16)12(11)8-4-2-3-5-9(8)14/h2-7H,1H3. The molecule has 0 radical (unpaired) electrons. The fourth-order valence-electron chi connectivity index (χ4n) is 1.62. The lowest BCUT2D eigenvalue weighted by atomic mass is 10.0. The Morgan fingerprint density at radius 3 is 2.41 bits per heavy atom. The Labute approximate surface area is 103 Å². The van der Waals surface area contributed by atoms with Crippen LogP contribution in [0.3, 0.4) is 0 Å². The molecule has 0 heterocycles. The maximum atomic E-state index is 13.8. The minimum atomic E-state index is -0.961. The summed E-state index contributed by atoms with van der Waals surface area (Å²) in [6, 6.07) is 9.04. The Bertz CT molecular complexity index is 555. The van der Waals surface area contributed by atoms with Gasteiger partial charge in [-0.2, -0.15) is 0 Å². The zero-order valence-electron chi connectivity index (χ0n) is 9.01. The third kappa shape index (κ3) is 2.11. The van der Waals surface area contributed by atoms with E-state index in [-0.39, 0.29) is 11.3 Å². The van der Waals surface area contributed by atoms with Gasteiger partial charge in [-0.1, -0.05) is 29.8 Å². The van der Waals surface area contributed by atoms with Gasteiger partial charge >= 0.3 is 0 Å². The van der Waals surface area contributed by atoms with E-state index >= 15 is 0 Å². The van der Waals surface area contributed by atoms with Crippen LogP contribution in [0, 0.1) is 11.6 Å². The van der Waals surface area contributed by atoms with E-state index in [0.29, 0.717) is 10.6 Å². The molecule has 0 bridgehead atoms. The largest absolute Gasteiger partial charge is 0.496 e. The summed E-state index contributed by atoms with van der Waals surface area (Å²) in [6.45, 7) is 0. The van der Waals surface area contributed by atoms with Crippen molar-refractivity contribution in [3.8, 4) is 16.9 Å². The quantitative estimate of drug-likeness (QED) is 0.777. The first-order chi connectivity index (χ1) is 8.15. The first-order valence-corrected chi connectivity index (χ1v) is 5.30. The molecule has 2 rings (SSSR count). The van der Waals surface area contributed by atoms with Crippen molar-refractivity contribution in [3.63, 3.8) is 0 Å². The average Bonchev–Trinajstić information content (AvgIpc) is 2.34. The molecular weight excluding hydrogens is 246 g/mol. The van der Waals surface area contributed by atoms with Crippen LogP contribution in [0.5, 0.6) is 5.75 Å². The molecule has 0 unspecified atom stereocenters. The van der Waals surface area contributed by atoms with E-state index in [0.717, 1.165) is 6.07 Å². The van der Waals surface area contributed by atoms with Gasteiger partial charge in [-0.15, -0.1) is 0 Å². The second kappa shape index (κ2) is 4.72. The van der Waals surface area contributed by atoms with Crippen molar-refractivity contribution in [2.75, 3.05) is 7.11 Å². The maximum Gasteiger partial charge on any atom is 0.170 e. The van der Waals surface area contributed by atoms with Crippen molar-refractivity contribution >= 4 is 11.6 Å². The number of halogens is 3. The van der Waals surface area contributed by atoms with Gasteiger partial charge < -0.3 is 4.74 Å². The van der Waals surface area contributed by atoms with Gasteiger partial charge in [0.15, 0.2) is 11.6 Å². The smallest absolute Gasteiger partial charge is 0.170 e. The minimum Gasteiger partial charge on any atom is -0.496 e. The topological polar surface area (TPSA) is 9.23 Å². The second-order valence-electron chi connectivity index (χ2n) is 3.42. The third-order valence-corrected chi connectivity index (χ3v) is 2.75. The first kappa shape index (κ1) is 11.9. The number of rotatable bonds is 2. The van der Waals surface area contributed by atoms with Gasteiger partial charge in [0.1, 0.15) is 5.75 Å². The number of hydrogen-bond donors (Lipinski definition) is 0. The highest BCUT2D eigenvalue weighted by Crippen LogP contribution is 2.37. The van der Waals surface area contributed by atoms with Crippen LogP contribution < -0.4 is 4.74 Å². The van der Waals surface area contributed by atoms with Crippen molar-refractivity contribution in [2.45, 2.75) is 0 Å². The van der Waals surface area contributed by atoms with E-state index < -0.39 is 11.6 Å². The summed E-state index contributed by atoms with van der Waals surface area (Å²) < 4.78 is 32.1. The highest BCUT2D eigenvalue weighted by Gasteiger charge is 2.17. The maximum absolute atomic E-state index is 13.8. The van der Waals surface area contributed by atoms with Crippen molar-refractivity contribution in [2.24, 2.45) is 0 Å². The van der Waals surface area contributed by atoms with Gasteiger partial charge in [0.25, 0.3) is 0 Å². The van der Waals surface area contributed by atoms with E-state index in [1.165, 1.54) is 13.2 Å². The Morgan fingerprint density at radius 2 is 1.76 bits per heavy atom. The zero-order chi connectivity index (χ0) is 12.4. The molecule has 0 N–H and O–H groups in total. The summed E-state index contributed by atoms with van der Waals surface area (Å²) in [5.41, 5.74) is 0.445. The Morgan fingerprint density at radius 1 is 1.06 bits per heavy atom. The van der Waals surface area contributed by atoms with Crippen LogP contribution in [-0.2, 0) is 0 Å². The van der Waals surface area contributed by atoms with Gasteiger partial charge in [0.2, 0.25) is 0 Å². The number of methoxy groups -OCH3 is 1. The molecule has 4 heteroatoms. The van der Waals surface area contributed by atoms with E-state index in [1.54, 1.807) is 24.3 Å². The van der Waals surface area contributed by atoms with Crippen LogP contribution >= 0.6 is 11.6 Å². The molecule has 0 amide bonds. The zero-order valence-corrected chi connectivity index (χ0v) is 9.76. The number of benzene rings is 2. The molecular formula is C13H9ClF2O. The van der Waals surface area contributed by atoms with Crippen LogP contribution in [0.25, 0.3) is 11.1 Å². The Kier molecular flexibility index (Phi) is 3.29. The molecule has 0 aliphatic heterocycles. The normalized spacial score (nSPS) is 10.4. The number of hydrogen-bond acceptors (Lipinski definition) is 1. The van der Waals surface area contributed by atoms with E-state index in [4.69, 9.17) is 16.3 Å². The van der Waals surface area contributed by atoms with Crippen LogP contribution in [-0.4, -0.2) is 7.11 Å². The molecule has 0 aliphatic rings. The molecule has 2 aromatic carbocycles. The highest BCUT2D eigenvalue weighted by molar-refractivity contribution is 6.33. The van der Waals surface area contributed by atoms with Crippen LogP contribution in [0.15, 0.2) is 36.4 Å². The van der Waals surface area contributed by atoms with Gasteiger partial charge in [-0.05, 0) is 18.2 Å². The van der Waals surface area contributed by atoms with Crippen LogP contribution in [0.4, 0.5) is 8.78 Å². The highest BCUT2D eigenvalue weighted by atomic mass is 35.5. The molecule has 0 aromatic heterocycles. The van der Waals surface area contributed by atoms with Gasteiger partial charge in [0.05, 0.1) is 12.7 Å². The van der Waals surface area contributed by atoms with E-state index in [2.05, 4.69) is 0 Å². The van der Waals surface area contributed by atoms with Crippen molar-refractivity contribution in [1.82, 2.24) is 0 Å². The predicted molar refractivity (Wildman–Crippen MR) is 63.4 cm³/mol. The molecule has 0 saturated carbocycles. The Balaban J connectivity index is 2.74. The fraction of sp³-hybridized carbons (Fsp3) is 0.0769. The monoisotopic (exact) mass is 254 g/mol. The third-order valence-electron chi connectivity index (χ3n) is 2.42. The molecule has 2 aromatic rings. The fourth-order valence-corrected chi connectivity index (χ4v) is 1.85. The average molecular weight is 255 g/mol. The molecule has 1 nitrogen and oxygen atoms in total. The lowest BCUT2D eigenvalue weighted by molar-refractivity contribution is 0.409. The van der Waals surface area contributed by atoms with Gasteiger partial charge in [-0.25, -0.2) is 8.78 Å². The molecule has 88 valence electrons. The predicted octanol–water partition coefficient (Wildman–Crippen LogP) is 4.29. The first-order valence-electron chi connectivity index (χ1n) is 4.92. The van der Waals surface area contributed by atoms with E-state index in [1.807, 2.05) is 0 Å². The van der Waals surface area contributed by atoms with Crippen molar-refractivity contribution < 1.29 is 13.5 Å². The molecule has 0 aliphatic carbocycles. The molecule has 0 fully saturated rings. The summed E-state index contributed by atoms with van der Waals surface area (Å²) >= 11 is 5.97. The van der Waals surface area contributed by atoms with Crippen molar-refractivity contribution in [1.29, 1.82) is 0 Å². The molecule has 0 atom stereocenters. The second-order valence-corrected chi connectivity index (χ2v) is 3.83. The summed E-state index contributed by atoms with van der Waals surface area (Å²) in [7, 11) is 1.40. The van der Waals surface area contributed by atoms with E-state index in [9.17, 15) is 8.78 Å². The molecule has 0 saturated heterocycles. The molecule has 17 heavy (non-hydrogen) atoms. The summed E-state index contributed by atoms with van der Waals surface area (Å²) in [4.78, 5) is 0. The molecule has 0 spiro atoms. The lowest BCUT2D eigenvalue weighted by Crippen LogP contribution is -1.95. The summed E-state index contributed by atoms with van der Waals surface area (Å²) in [6.07, 6.45) is 0. The number of ether oxygens (including phenoxy) is 1. The summed E-state index contributed by atoms with van der Waals surface area (Å²) in [5, 5.41) is 0.343. The van der Waals surface area contributed by atoms with Crippen LogP contribution in [0.1, 0.15) is 0 Å². The van der Waals surface area contributed by atoms with Crippen molar-refractivity contribution in [3.05, 3.63) is 53.1 Å². The van der Waals surface area contributed by atoms with Gasteiger partial charge in [0, 0.05) is 10.6 Å². The van der Waals surface area contributed by atoms with Gasteiger partial charge in [-0.3, -0.25) is 0 Å². The van der Waals surface area contributed by atoms with Crippen LogP contribution in [0.2, 0.25) is 5.02 Å². The summed E-state index contributed by atoms with van der Waals surface area (Å²) in [5.74, 6) is -1.64.